The van der Waals surface area contributed by atoms with Gasteiger partial charge in [0.2, 0.25) is 0 Å². The zero-order valence-electron chi connectivity index (χ0n) is 16.4. The molecule has 0 saturated heterocycles. The van der Waals surface area contributed by atoms with Gasteiger partial charge >= 0.3 is 0 Å². The molecule has 0 aliphatic carbocycles. The van der Waals surface area contributed by atoms with E-state index in [1.165, 1.54) is 6.92 Å². The third-order valence-corrected chi connectivity index (χ3v) is 4.29. The van der Waals surface area contributed by atoms with Crippen molar-refractivity contribution in [2.45, 2.75) is 26.6 Å². The molecule has 1 amide bonds. The summed E-state index contributed by atoms with van der Waals surface area (Å²) in [5, 5.41) is 2.77. The lowest BCUT2D eigenvalue weighted by Gasteiger charge is -2.15. The van der Waals surface area contributed by atoms with Crippen LogP contribution in [0, 0.1) is 0 Å². The highest BCUT2D eigenvalue weighted by molar-refractivity contribution is 5.98. The molecule has 0 fully saturated rings. The second-order valence-electron chi connectivity index (χ2n) is 6.63. The van der Waals surface area contributed by atoms with Crippen LogP contribution in [0.2, 0.25) is 0 Å². The first-order valence-corrected chi connectivity index (χ1v) is 9.36. The van der Waals surface area contributed by atoms with E-state index in [4.69, 9.17) is 9.47 Å². The van der Waals surface area contributed by atoms with Crippen molar-refractivity contribution in [1.29, 1.82) is 0 Å². The van der Waals surface area contributed by atoms with Crippen LogP contribution in [0.4, 0.5) is 5.69 Å². The Hall–Kier alpha value is -3.60. The van der Waals surface area contributed by atoms with Gasteiger partial charge in [0, 0.05) is 11.3 Å². The van der Waals surface area contributed by atoms with Crippen LogP contribution in [0.5, 0.6) is 11.5 Å². The van der Waals surface area contributed by atoms with Crippen molar-refractivity contribution in [3.05, 3.63) is 90.0 Å². The molecule has 148 valence electrons. The predicted octanol–water partition coefficient (Wildman–Crippen LogP) is 4.87. The summed E-state index contributed by atoms with van der Waals surface area (Å²) in [4.78, 5) is 23.8. The number of amides is 1. The standard InChI is InChI=1S/C24H23NO4/c1-17(26)20-9-6-10-21(15-20)25-24(27)18(2)29-23-13-11-22(12-14-23)28-16-19-7-4-3-5-8-19/h3-15,18H,16H2,1-2H3,(H,25,27). The van der Waals surface area contributed by atoms with E-state index in [2.05, 4.69) is 5.32 Å². The topological polar surface area (TPSA) is 64.6 Å². The fraction of sp³-hybridized carbons (Fsp3) is 0.167. The Morgan fingerprint density at radius 1 is 0.897 bits per heavy atom. The van der Waals surface area contributed by atoms with Gasteiger partial charge in [0.05, 0.1) is 0 Å². The number of carbonyl (C=O) groups is 2. The van der Waals surface area contributed by atoms with Gasteiger partial charge in [-0.05, 0) is 55.8 Å². The summed E-state index contributed by atoms with van der Waals surface area (Å²) in [6.07, 6.45) is -0.702. The van der Waals surface area contributed by atoms with E-state index in [0.29, 0.717) is 23.6 Å². The molecule has 0 aliphatic rings. The molecule has 29 heavy (non-hydrogen) atoms. The van der Waals surface area contributed by atoms with Gasteiger partial charge in [0.25, 0.3) is 5.91 Å². The molecule has 3 rings (SSSR count). The van der Waals surface area contributed by atoms with Gasteiger partial charge in [0.15, 0.2) is 11.9 Å². The van der Waals surface area contributed by atoms with E-state index in [0.717, 1.165) is 11.3 Å². The first kappa shape index (κ1) is 20.1. The number of nitrogens with one attached hydrogen (secondary N) is 1. The predicted molar refractivity (Wildman–Crippen MR) is 112 cm³/mol. The number of ketones is 1. The monoisotopic (exact) mass is 389 g/mol. The number of carbonyl (C=O) groups excluding carboxylic acids is 2. The smallest absolute Gasteiger partial charge is 0.265 e. The lowest BCUT2D eigenvalue weighted by Crippen LogP contribution is -2.30. The zero-order chi connectivity index (χ0) is 20.6. The van der Waals surface area contributed by atoms with Gasteiger partial charge in [-0.2, -0.15) is 0 Å². The van der Waals surface area contributed by atoms with E-state index in [-0.39, 0.29) is 11.7 Å². The molecular formula is C24H23NO4. The maximum Gasteiger partial charge on any atom is 0.265 e. The van der Waals surface area contributed by atoms with Crippen LogP contribution >= 0.6 is 0 Å². The molecule has 1 unspecified atom stereocenters. The molecule has 0 aromatic heterocycles. The number of Topliss-reactive ketones (excluding diaryl/α,β-unsaturated/α-hetero) is 1. The lowest BCUT2D eigenvalue weighted by molar-refractivity contribution is -0.122. The van der Waals surface area contributed by atoms with Crippen molar-refractivity contribution in [3.8, 4) is 11.5 Å². The summed E-state index contributed by atoms with van der Waals surface area (Å²) in [5.74, 6) is 0.937. The van der Waals surface area contributed by atoms with Crippen molar-refractivity contribution in [3.63, 3.8) is 0 Å². The van der Waals surface area contributed by atoms with Crippen LogP contribution in [-0.4, -0.2) is 17.8 Å². The quantitative estimate of drug-likeness (QED) is 0.558. The highest BCUT2D eigenvalue weighted by atomic mass is 16.5. The van der Waals surface area contributed by atoms with E-state index in [1.807, 2.05) is 30.3 Å². The molecule has 3 aromatic rings. The van der Waals surface area contributed by atoms with Crippen LogP contribution in [0.3, 0.4) is 0 Å². The van der Waals surface area contributed by atoms with Gasteiger partial charge in [0.1, 0.15) is 18.1 Å². The van der Waals surface area contributed by atoms with Crippen molar-refractivity contribution in [2.24, 2.45) is 0 Å². The van der Waals surface area contributed by atoms with Crippen molar-refractivity contribution >= 4 is 17.4 Å². The third-order valence-electron chi connectivity index (χ3n) is 4.29. The van der Waals surface area contributed by atoms with Crippen LogP contribution in [0.15, 0.2) is 78.9 Å². The van der Waals surface area contributed by atoms with Gasteiger partial charge in [-0.3, -0.25) is 9.59 Å². The molecule has 0 bridgehead atoms. The molecule has 0 spiro atoms. The minimum absolute atomic E-state index is 0.0556. The lowest BCUT2D eigenvalue weighted by atomic mass is 10.1. The first-order valence-electron chi connectivity index (χ1n) is 9.36. The Balaban J connectivity index is 1.53. The first-order chi connectivity index (χ1) is 14.0. The summed E-state index contributed by atoms with van der Waals surface area (Å²) in [6.45, 7) is 3.64. The highest BCUT2D eigenvalue weighted by Crippen LogP contribution is 2.20. The van der Waals surface area contributed by atoms with Crippen LogP contribution in [-0.2, 0) is 11.4 Å². The minimum Gasteiger partial charge on any atom is -0.489 e. The molecule has 1 atom stereocenters. The summed E-state index contributed by atoms with van der Waals surface area (Å²) < 4.78 is 11.5. The Kier molecular flexibility index (Phi) is 6.63. The molecule has 0 heterocycles. The molecule has 5 nitrogen and oxygen atoms in total. The summed E-state index contributed by atoms with van der Waals surface area (Å²) in [7, 11) is 0. The summed E-state index contributed by atoms with van der Waals surface area (Å²) in [6, 6.07) is 23.9. The zero-order valence-corrected chi connectivity index (χ0v) is 16.4. The van der Waals surface area contributed by atoms with E-state index in [1.54, 1.807) is 55.5 Å². The van der Waals surface area contributed by atoms with E-state index >= 15 is 0 Å². The fourth-order valence-electron chi connectivity index (χ4n) is 2.67. The van der Waals surface area contributed by atoms with E-state index < -0.39 is 6.10 Å². The Labute approximate surface area is 170 Å². The largest absolute Gasteiger partial charge is 0.489 e. The van der Waals surface area contributed by atoms with Gasteiger partial charge in [-0.15, -0.1) is 0 Å². The van der Waals surface area contributed by atoms with Crippen molar-refractivity contribution < 1.29 is 19.1 Å². The molecule has 1 N–H and O–H groups in total. The molecule has 0 aliphatic heterocycles. The third kappa shape index (κ3) is 5.94. The second-order valence-corrected chi connectivity index (χ2v) is 6.63. The average Bonchev–Trinajstić information content (AvgIpc) is 2.74. The fourth-order valence-corrected chi connectivity index (χ4v) is 2.67. The normalized spacial score (nSPS) is 11.4. The van der Waals surface area contributed by atoms with Crippen molar-refractivity contribution in [2.75, 3.05) is 5.32 Å². The average molecular weight is 389 g/mol. The second kappa shape index (κ2) is 9.55. The number of rotatable bonds is 8. The summed E-state index contributed by atoms with van der Waals surface area (Å²) in [5.41, 5.74) is 2.19. The number of hydrogen-bond acceptors (Lipinski definition) is 4. The van der Waals surface area contributed by atoms with Gasteiger partial charge in [-0.25, -0.2) is 0 Å². The van der Waals surface area contributed by atoms with Gasteiger partial charge < -0.3 is 14.8 Å². The number of hydrogen-bond donors (Lipinski definition) is 1. The van der Waals surface area contributed by atoms with Gasteiger partial charge in [-0.1, -0.05) is 42.5 Å². The minimum atomic E-state index is -0.702. The van der Waals surface area contributed by atoms with Crippen LogP contribution in [0.25, 0.3) is 0 Å². The molecular weight excluding hydrogens is 366 g/mol. The van der Waals surface area contributed by atoms with Crippen molar-refractivity contribution in [1.82, 2.24) is 0 Å². The molecule has 5 heteroatoms. The van der Waals surface area contributed by atoms with Crippen LogP contribution in [0.1, 0.15) is 29.8 Å². The Morgan fingerprint density at radius 2 is 1.59 bits per heavy atom. The summed E-state index contributed by atoms with van der Waals surface area (Å²) >= 11 is 0. The van der Waals surface area contributed by atoms with E-state index in [9.17, 15) is 9.59 Å². The molecule has 0 saturated carbocycles. The highest BCUT2D eigenvalue weighted by Gasteiger charge is 2.15. The maximum atomic E-state index is 12.4. The van der Waals surface area contributed by atoms with Crippen LogP contribution < -0.4 is 14.8 Å². The maximum absolute atomic E-state index is 12.4. The number of ether oxygens (including phenoxy) is 2. The molecule has 0 radical (unpaired) electrons. The number of anilines is 1. The SMILES string of the molecule is CC(=O)c1cccc(NC(=O)C(C)Oc2ccc(OCc3ccccc3)cc2)c1. The number of benzene rings is 3. The Morgan fingerprint density at radius 3 is 2.28 bits per heavy atom. The Bertz CT molecular complexity index is 968. The molecule has 3 aromatic carbocycles.